The number of carbonyl (C=O) groups is 1. The number of hydrogen-bond donors (Lipinski definition) is 1. The van der Waals surface area contributed by atoms with Crippen molar-refractivity contribution in [1.29, 1.82) is 0 Å². The Morgan fingerprint density at radius 1 is 1.19 bits per heavy atom. The lowest BCUT2D eigenvalue weighted by Crippen LogP contribution is -2.42. The summed E-state index contributed by atoms with van der Waals surface area (Å²) in [5, 5.41) is 0. The number of benzene rings is 2. The van der Waals surface area contributed by atoms with Gasteiger partial charge in [0.25, 0.3) is 5.91 Å². The first kappa shape index (κ1) is 16.6. The summed E-state index contributed by atoms with van der Waals surface area (Å²) >= 11 is 0. The highest BCUT2D eigenvalue weighted by Crippen LogP contribution is 2.23. The first-order valence-corrected chi connectivity index (χ1v) is 8.74. The molecule has 134 valence electrons. The summed E-state index contributed by atoms with van der Waals surface area (Å²) in [6, 6.07) is 13.8. The zero-order chi connectivity index (χ0) is 17.9. The van der Waals surface area contributed by atoms with E-state index in [1.165, 1.54) is 5.56 Å². The van der Waals surface area contributed by atoms with E-state index in [0.717, 1.165) is 22.4 Å². The van der Waals surface area contributed by atoms with Gasteiger partial charge >= 0.3 is 0 Å². The molecule has 2 aromatic carbocycles. The van der Waals surface area contributed by atoms with Crippen LogP contribution in [0.1, 0.15) is 5.56 Å². The van der Waals surface area contributed by atoms with E-state index in [9.17, 15) is 4.79 Å². The van der Waals surface area contributed by atoms with Crippen LogP contribution in [-0.2, 0) is 9.53 Å². The Bertz CT molecular complexity index is 912. The summed E-state index contributed by atoms with van der Waals surface area (Å²) in [6.45, 7) is 4.56. The van der Waals surface area contributed by atoms with Gasteiger partial charge in [-0.25, -0.2) is 4.98 Å². The minimum Gasteiger partial charge on any atom is -0.484 e. The first-order chi connectivity index (χ1) is 12.7. The maximum Gasteiger partial charge on any atom is 0.260 e. The number of aryl methyl sites for hydroxylation is 1. The summed E-state index contributed by atoms with van der Waals surface area (Å²) in [5.74, 6) is 1.48. The normalized spacial score (nSPS) is 14.6. The molecule has 0 unspecified atom stereocenters. The molecule has 1 saturated heterocycles. The maximum atomic E-state index is 12.1. The largest absolute Gasteiger partial charge is 0.484 e. The van der Waals surface area contributed by atoms with Crippen LogP contribution in [0, 0.1) is 6.92 Å². The molecular weight excluding hydrogens is 330 g/mol. The fourth-order valence-corrected chi connectivity index (χ4v) is 3.02. The monoisotopic (exact) mass is 351 g/mol. The number of nitrogens with zero attached hydrogens (tertiary/aromatic N) is 2. The number of carbonyl (C=O) groups excluding carboxylic acids is 1. The highest BCUT2D eigenvalue weighted by Gasteiger charge is 2.17. The molecule has 1 fully saturated rings. The minimum absolute atomic E-state index is 0.00923. The lowest BCUT2D eigenvalue weighted by Gasteiger charge is -2.26. The second-order valence-corrected chi connectivity index (χ2v) is 6.41. The van der Waals surface area contributed by atoms with E-state index in [1.54, 1.807) is 4.90 Å². The predicted octanol–water partition coefficient (Wildman–Crippen LogP) is 2.78. The van der Waals surface area contributed by atoms with Crippen molar-refractivity contribution in [2.24, 2.45) is 0 Å². The number of aromatic amines is 1. The van der Waals surface area contributed by atoms with Crippen LogP contribution in [0.3, 0.4) is 0 Å². The lowest BCUT2D eigenvalue weighted by molar-refractivity contribution is -0.137. The van der Waals surface area contributed by atoms with E-state index in [1.807, 2.05) is 30.3 Å². The number of amides is 1. The van der Waals surface area contributed by atoms with Gasteiger partial charge in [0.2, 0.25) is 0 Å². The van der Waals surface area contributed by atoms with Crippen LogP contribution in [0.5, 0.6) is 5.75 Å². The van der Waals surface area contributed by atoms with Crippen LogP contribution in [0.4, 0.5) is 0 Å². The van der Waals surface area contributed by atoms with Crippen molar-refractivity contribution in [2.45, 2.75) is 6.92 Å². The Morgan fingerprint density at radius 3 is 2.73 bits per heavy atom. The fourth-order valence-electron chi connectivity index (χ4n) is 3.02. The number of imidazole rings is 1. The van der Waals surface area contributed by atoms with Crippen molar-refractivity contribution in [3.63, 3.8) is 0 Å². The van der Waals surface area contributed by atoms with E-state index in [-0.39, 0.29) is 12.5 Å². The molecule has 1 N–H and O–H groups in total. The molecule has 26 heavy (non-hydrogen) atoms. The molecule has 1 amide bonds. The zero-order valence-corrected chi connectivity index (χ0v) is 14.7. The van der Waals surface area contributed by atoms with Crippen molar-refractivity contribution >= 4 is 16.9 Å². The van der Waals surface area contributed by atoms with Crippen LogP contribution in [0.2, 0.25) is 0 Å². The Morgan fingerprint density at radius 2 is 1.96 bits per heavy atom. The van der Waals surface area contributed by atoms with Gasteiger partial charge in [-0.05, 0) is 48.9 Å². The average Bonchev–Trinajstić information content (AvgIpc) is 3.10. The molecule has 3 aromatic rings. The number of morpholine rings is 1. The van der Waals surface area contributed by atoms with Crippen molar-refractivity contribution in [3.8, 4) is 17.1 Å². The molecule has 1 aromatic heterocycles. The third-order valence-corrected chi connectivity index (χ3v) is 4.49. The topological polar surface area (TPSA) is 67.4 Å². The van der Waals surface area contributed by atoms with Crippen LogP contribution >= 0.6 is 0 Å². The summed E-state index contributed by atoms with van der Waals surface area (Å²) in [4.78, 5) is 21.9. The van der Waals surface area contributed by atoms with Gasteiger partial charge in [0.05, 0.1) is 24.2 Å². The highest BCUT2D eigenvalue weighted by molar-refractivity contribution is 5.80. The molecule has 6 heteroatoms. The number of H-pyrrole nitrogens is 1. The second-order valence-electron chi connectivity index (χ2n) is 6.41. The Hall–Kier alpha value is -2.86. The number of aromatic nitrogens is 2. The van der Waals surface area contributed by atoms with Crippen LogP contribution in [0.15, 0.2) is 42.5 Å². The summed E-state index contributed by atoms with van der Waals surface area (Å²) in [7, 11) is 0. The quantitative estimate of drug-likeness (QED) is 0.785. The molecular formula is C20H21N3O3. The van der Waals surface area contributed by atoms with Gasteiger partial charge < -0.3 is 19.4 Å². The standard InChI is InChI=1S/C20H21N3O3/c1-14-2-7-17-18(12-14)22-20(21-17)15-3-5-16(6-4-15)26-13-19(24)23-8-10-25-11-9-23/h2-7,12H,8-11,13H2,1H3,(H,21,22). The van der Waals surface area contributed by atoms with E-state index < -0.39 is 0 Å². The number of hydrogen-bond acceptors (Lipinski definition) is 4. The Balaban J connectivity index is 1.41. The Labute approximate surface area is 151 Å². The summed E-state index contributed by atoms with van der Waals surface area (Å²) < 4.78 is 10.9. The molecule has 0 radical (unpaired) electrons. The Kier molecular flexibility index (Phi) is 4.58. The summed E-state index contributed by atoms with van der Waals surface area (Å²) in [5.41, 5.74) is 4.14. The van der Waals surface area contributed by atoms with Crippen molar-refractivity contribution in [1.82, 2.24) is 14.9 Å². The average molecular weight is 351 g/mol. The van der Waals surface area contributed by atoms with E-state index >= 15 is 0 Å². The van der Waals surface area contributed by atoms with Crippen LogP contribution in [-0.4, -0.2) is 53.7 Å². The van der Waals surface area contributed by atoms with Crippen molar-refractivity contribution in [2.75, 3.05) is 32.9 Å². The minimum atomic E-state index is -0.00923. The van der Waals surface area contributed by atoms with Crippen molar-refractivity contribution < 1.29 is 14.3 Å². The van der Waals surface area contributed by atoms with Crippen LogP contribution < -0.4 is 4.74 Å². The molecule has 0 aliphatic carbocycles. The van der Waals surface area contributed by atoms with Gasteiger partial charge in [0, 0.05) is 18.7 Å². The van der Waals surface area contributed by atoms with E-state index in [2.05, 4.69) is 29.0 Å². The second kappa shape index (κ2) is 7.17. The molecule has 2 heterocycles. The van der Waals surface area contributed by atoms with Gasteiger partial charge in [0.1, 0.15) is 11.6 Å². The highest BCUT2D eigenvalue weighted by atomic mass is 16.5. The van der Waals surface area contributed by atoms with Gasteiger partial charge in [-0.1, -0.05) is 6.07 Å². The number of rotatable bonds is 4. The van der Waals surface area contributed by atoms with Crippen molar-refractivity contribution in [3.05, 3.63) is 48.0 Å². The third kappa shape index (κ3) is 3.55. The molecule has 0 spiro atoms. The van der Waals surface area contributed by atoms with Gasteiger partial charge in [0.15, 0.2) is 6.61 Å². The molecule has 0 bridgehead atoms. The van der Waals surface area contributed by atoms with E-state index in [4.69, 9.17) is 9.47 Å². The van der Waals surface area contributed by atoms with Gasteiger partial charge in [-0.15, -0.1) is 0 Å². The SMILES string of the molecule is Cc1ccc2nc(-c3ccc(OCC(=O)N4CCOCC4)cc3)[nH]c2c1. The van der Waals surface area contributed by atoms with Gasteiger partial charge in [-0.3, -0.25) is 4.79 Å². The molecule has 0 atom stereocenters. The summed E-state index contributed by atoms with van der Waals surface area (Å²) in [6.07, 6.45) is 0. The zero-order valence-electron chi connectivity index (χ0n) is 14.7. The number of fused-ring (bicyclic) bond motifs is 1. The molecule has 1 aliphatic rings. The fraction of sp³-hybridized carbons (Fsp3) is 0.300. The lowest BCUT2D eigenvalue weighted by atomic mass is 10.2. The predicted molar refractivity (Wildman–Crippen MR) is 99.2 cm³/mol. The molecule has 6 nitrogen and oxygen atoms in total. The first-order valence-electron chi connectivity index (χ1n) is 8.74. The van der Waals surface area contributed by atoms with Gasteiger partial charge in [-0.2, -0.15) is 0 Å². The van der Waals surface area contributed by atoms with E-state index in [0.29, 0.717) is 32.1 Å². The maximum absolute atomic E-state index is 12.1. The number of ether oxygens (including phenoxy) is 2. The molecule has 0 saturated carbocycles. The molecule has 1 aliphatic heterocycles. The van der Waals surface area contributed by atoms with Crippen LogP contribution in [0.25, 0.3) is 22.4 Å². The molecule has 4 rings (SSSR count). The number of nitrogens with one attached hydrogen (secondary N) is 1. The third-order valence-electron chi connectivity index (χ3n) is 4.49. The smallest absolute Gasteiger partial charge is 0.260 e.